The highest BCUT2D eigenvalue weighted by atomic mass is 19.4. The van der Waals surface area contributed by atoms with Gasteiger partial charge in [0.25, 0.3) is 5.91 Å². The number of carbonyl (C=O) groups excluding carboxylic acids is 3. The van der Waals surface area contributed by atoms with Crippen LogP contribution in [0.2, 0.25) is 0 Å². The fraction of sp³-hybridized carbons (Fsp3) is 0.200. The van der Waals surface area contributed by atoms with Crippen LogP contribution in [0.25, 0.3) is 11.4 Å². The summed E-state index contributed by atoms with van der Waals surface area (Å²) >= 11 is 0. The molecule has 2 N–H and O–H groups in total. The zero-order chi connectivity index (χ0) is 38.2. The third kappa shape index (κ3) is 10.4. The highest BCUT2D eigenvalue weighted by Gasteiger charge is 2.43. The molecule has 2 aliphatic heterocycles. The second-order valence-electron chi connectivity index (χ2n) is 11.3. The number of nitrogens with zero attached hydrogens (tertiary/aromatic N) is 3. The van der Waals surface area contributed by atoms with Gasteiger partial charge in [0.15, 0.2) is 42.3 Å². The van der Waals surface area contributed by atoms with Gasteiger partial charge in [-0.3, -0.25) is 14.4 Å². The van der Waals surface area contributed by atoms with E-state index in [1.165, 1.54) is 35.0 Å². The van der Waals surface area contributed by atoms with E-state index in [2.05, 4.69) is 25.1 Å². The second kappa shape index (κ2) is 16.4. The van der Waals surface area contributed by atoms with Crippen molar-refractivity contribution in [2.24, 2.45) is 0 Å². The maximum Gasteiger partial charge on any atom is 0.586 e. The standard InChI is InChI=1S/C12H14F2N2O2.C12H7F2NO3.C11H7F3N2O/c13-10-2-1-9(5-11(10)14)18-7-12(17)16-8-3-4-15-6-8;13-12(14)17-10-2-1-9(5-11(10)18-12)15-4-3-8(6-15)7-16;12-11(13,14)10-2-1-9(5-15-10)16-4-3-8(6-16)7-17/h1-2,5,8,15H,3-4,6-7H2,(H,16,17);1-7H;1-7H. The van der Waals surface area contributed by atoms with E-state index >= 15 is 0 Å². The second-order valence-corrected chi connectivity index (χ2v) is 11.3. The van der Waals surface area contributed by atoms with Crippen molar-refractivity contribution in [1.82, 2.24) is 24.8 Å². The first-order valence-corrected chi connectivity index (χ1v) is 15.5. The van der Waals surface area contributed by atoms with Crippen LogP contribution >= 0.6 is 0 Å². The minimum absolute atomic E-state index is 0.00785. The molecule has 0 radical (unpaired) electrons. The van der Waals surface area contributed by atoms with Crippen molar-refractivity contribution in [3.05, 3.63) is 120 Å². The third-order valence-electron chi connectivity index (χ3n) is 7.41. The van der Waals surface area contributed by atoms with Gasteiger partial charge in [0, 0.05) is 66.3 Å². The van der Waals surface area contributed by atoms with Gasteiger partial charge in [-0.15, -0.1) is 8.78 Å². The summed E-state index contributed by atoms with van der Waals surface area (Å²) in [5.74, 6) is -2.11. The zero-order valence-corrected chi connectivity index (χ0v) is 27.2. The summed E-state index contributed by atoms with van der Waals surface area (Å²) in [6.07, 6.45) is 1.63. The minimum atomic E-state index is -4.44. The van der Waals surface area contributed by atoms with Crippen molar-refractivity contribution < 1.29 is 59.3 Å². The molecule has 53 heavy (non-hydrogen) atoms. The molecule has 1 saturated heterocycles. The number of pyridine rings is 1. The maximum atomic E-state index is 12.9. The summed E-state index contributed by atoms with van der Waals surface area (Å²) in [5.41, 5.74) is 1.07. The van der Waals surface area contributed by atoms with Crippen LogP contribution in [0.5, 0.6) is 17.2 Å². The number of aromatic nitrogens is 3. The van der Waals surface area contributed by atoms with E-state index in [0.29, 0.717) is 35.1 Å². The molecule has 5 aromatic rings. The fourth-order valence-electron chi connectivity index (χ4n) is 4.85. The van der Waals surface area contributed by atoms with Crippen molar-refractivity contribution in [2.75, 3.05) is 19.7 Å². The average Bonchev–Trinajstić information content (AvgIpc) is 3.95. The van der Waals surface area contributed by atoms with Crippen molar-refractivity contribution in [3.63, 3.8) is 0 Å². The molecule has 0 aliphatic carbocycles. The van der Waals surface area contributed by atoms with Crippen LogP contribution < -0.4 is 24.8 Å². The Labute approximate surface area is 295 Å². The smallest absolute Gasteiger partial charge is 0.484 e. The van der Waals surface area contributed by atoms with Crippen LogP contribution in [0.1, 0.15) is 32.8 Å². The molecule has 2 aliphatic rings. The molecule has 11 nitrogen and oxygen atoms in total. The molecule has 7 rings (SSSR count). The Hall–Kier alpha value is -6.17. The van der Waals surface area contributed by atoms with Gasteiger partial charge in [-0.25, -0.2) is 13.8 Å². The summed E-state index contributed by atoms with van der Waals surface area (Å²) in [6, 6.07) is 13.1. The van der Waals surface area contributed by atoms with Gasteiger partial charge in [0.1, 0.15) is 11.4 Å². The molecule has 18 heteroatoms. The van der Waals surface area contributed by atoms with Crippen LogP contribution in [0.15, 0.2) is 91.6 Å². The van der Waals surface area contributed by atoms with Crippen molar-refractivity contribution in [3.8, 4) is 28.6 Å². The summed E-state index contributed by atoms with van der Waals surface area (Å²) in [7, 11) is 0. The summed E-state index contributed by atoms with van der Waals surface area (Å²) < 4.78 is 105. The van der Waals surface area contributed by atoms with Crippen LogP contribution in [0, 0.1) is 11.6 Å². The number of ether oxygens (including phenoxy) is 3. The van der Waals surface area contributed by atoms with Gasteiger partial charge in [-0.2, -0.15) is 13.2 Å². The summed E-state index contributed by atoms with van der Waals surface area (Å²) in [4.78, 5) is 35.8. The predicted octanol–water partition coefficient (Wildman–Crippen LogP) is 6.14. The van der Waals surface area contributed by atoms with Crippen molar-refractivity contribution >= 4 is 18.5 Å². The van der Waals surface area contributed by atoms with Crippen molar-refractivity contribution in [1.29, 1.82) is 0 Å². The van der Waals surface area contributed by atoms with E-state index in [1.807, 2.05) is 0 Å². The monoisotopic (exact) mass is 747 g/mol. The number of benzene rings is 2. The summed E-state index contributed by atoms with van der Waals surface area (Å²) in [5, 5.41) is 5.90. The molecule has 1 amide bonds. The van der Waals surface area contributed by atoms with Gasteiger partial charge in [0.05, 0.1) is 11.9 Å². The predicted molar refractivity (Wildman–Crippen MR) is 173 cm³/mol. The third-order valence-corrected chi connectivity index (χ3v) is 7.41. The Kier molecular flexibility index (Phi) is 11.8. The first-order valence-electron chi connectivity index (χ1n) is 15.5. The molecule has 2 aromatic carbocycles. The molecule has 1 unspecified atom stereocenters. The lowest BCUT2D eigenvalue weighted by molar-refractivity contribution is -0.286. The lowest BCUT2D eigenvalue weighted by atomic mass is 10.2. The lowest BCUT2D eigenvalue weighted by Gasteiger charge is -2.12. The molecule has 0 spiro atoms. The number of hydrogen-bond donors (Lipinski definition) is 2. The fourth-order valence-corrected chi connectivity index (χ4v) is 4.85. The quantitative estimate of drug-likeness (QED) is 0.143. The first kappa shape index (κ1) is 38.1. The van der Waals surface area contributed by atoms with Crippen LogP contribution in [-0.2, 0) is 11.0 Å². The van der Waals surface area contributed by atoms with E-state index in [-0.39, 0.29) is 35.8 Å². The van der Waals surface area contributed by atoms with Gasteiger partial charge in [0.2, 0.25) is 0 Å². The van der Waals surface area contributed by atoms with Crippen LogP contribution in [0.3, 0.4) is 0 Å². The minimum Gasteiger partial charge on any atom is -0.484 e. The maximum absolute atomic E-state index is 12.9. The lowest BCUT2D eigenvalue weighted by Crippen LogP contribution is -2.39. The Morgan fingerprint density at radius 3 is 2.13 bits per heavy atom. The van der Waals surface area contributed by atoms with E-state index in [0.717, 1.165) is 43.9 Å². The molecule has 0 bridgehead atoms. The topological polar surface area (TPSA) is 126 Å². The van der Waals surface area contributed by atoms with E-state index in [9.17, 15) is 45.1 Å². The molecule has 0 saturated carbocycles. The molecule has 278 valence electrons. The normalized spacial score (nSPS) is 15.3. The number of amides is 1. The number of alkyl halides is 5. The number of hydrogen-bond acceptors (Lipinski definition) is 8. The Morgan fingerprint density at radius 2 is 1.57 bits per heavy atom. The largest absolute Gasteiger partial charge is 0.586 e. The Morgan fingerprint density at radius 1 is 0.906 bits per heavy atom. The van der Waals surface area contributed by atoms with E-state index in [1.54, 1.807) is 41.4 Å². The number of rotatable bonds is 8. The molecule has 3 aromatic heterocycles. The molecule has 5 heterocycles. The van der Waals surface area contributed by atoms with Gasteiger partial charge in [-0.05, 0) is 61.5 Å². The highest BCUT2D eigenvalue weighted by Crippen LogP contribution is 2.41. The van der Waals surface area contributed by atoms with Crippen molar-refractivity contribution in [2.45, 2.75) is 24.9 Å². The van der Waals surface area contributed by atoms with Gasteiger partial charge < -0.3 is 34.0 Å². The molecular formula is C35H28F7N5O6. The number of aldehydes is 2. The van der Waals surface area contributed by atoms with Gasteiger partial charge >= 0.3 is 12.5 Å². The SMILES string of the molecule is O=C(COc1ccc(F)c(F)c1)NC1CCNC1.O=Cc1ccn(-c2ccc(C(F)(F)F)nc2)c1.O=Cc1ccn(-c2ccc3c(c2)OC(F)(F)O3)c1. The molecule has 1 fully saturated rings. The van der Waals surface area contributed by atoms with E-state index in [4.69, 9.17) is 4.74 Å². The van der Waals surface area contributed by atoms with Crippen LogP contribution in [-0.4, -0.2) is 64.6 Å². The Balaban J connectivity index is 0.000000153. The number of nitrogens with one attached hydrogen (secondary N) is 2. The first-order chi connectivity index (χ1) is 25.2. The molecular weight excluding hydrogens is 719 g/mol. The summed E-state index contributed by atoms with van der Waals surface area (Å²) in [6.45, 7) is 1.42. The average molecular weight is 748 g/mol. The number of carbonyl (C=O) groups is 3. The highest BCUT2D eigenvalue weighted by molar-refractivity contribution is 5.78. The number of fused-ring (bicyclic) bond motifs is 1. The van der Waals surface area contributed by atoms with Crippen LogP contribution in [0.4, 0.5) is 30.7 Å². The molecule has 1 atom stereocenters. The van der Waals surface area contributed by atoms with Gasteiger partial charge in [-0.1, -0.05) is 0 Å². The Bertz CT molecular complexity index is 2040. The van der Waals surface area contributed by atoms with E-state index < -0.39 is 29.8 Å². The number of halogens is 7. The zero-order valence-electron chi connectivity index (χ0n) is 27.2.